The van der Waals surface area contributed by atoms with Gasteiger partial charge in [0.25, 0.3) is 5.91 Å². The van der Waals surface area contributed by atoms with Gasteiger partial charge in [0.1, 0.15) is 0 Å². The van der Waals surface area contributed by atoms with Crippen molar-refractivity contribution in [3.05, 3.63) is 71.4 Å². The molecular weight excluding hydrogens is 586 g/mol. The Bertz CT molecular complexity index is 1700. The summed E-state index contributed by atoms with van der Waals surface area (Å²) in [6, 6.07) is 18.2. The van der Waals surface area contributed by atoms with Crippen LogP contribution in [0.4, 0.5) is 5.69 Å². The summed E-state index contributed by atoms with van der Waals surface area (Å²) in [5, 5.41) is 4.52. The molecule has 1 saturated carbocycles. The van der Waals surface area contributed by atoms with Crippen LogP contribution in [0.2, 0.25) is 5.02 Å². The molecule has 2 aliphatic heterocycles. The van der Waals surface area contributed by atoms with E-state index in [1.54, 1.807) is 12.3 Å². The predicted octanol–water partition coefficient (Wildman–Crippen LogP) is 5.08. The highest BCUT2D eigenvalue weighted by Crippen LogP contribution is 2.43. The number of benzene rings is 2. The van der Waals surface area contributed by atoms with Gasteiger partial charge in [0, 0.05) is 72.1 Å². The number of anilines is 1. The largest absolute Gasteiger partial charge is 0.369 e. The lowest BCUT2D eigenvalue weighted by molar-refractivity contribution is -0.118. The normalized spacial score (nSPS) is 18.3. The van der Waals surface area contributed by atoms with Crippen molar-refractivity contribution in [3.8, 4) is 22.4 Å². The molecule has 2 saturated heterocycles. The van der Waals surface area contributed by atoms with E-state index in [4.69, 9.17) is 16.6 Å². The molecule has 3 fully saturated rings. The Morgan fingerprint density at radius 1 is 0.800 bits per heavy atom. The molecule has 234 valence electrons. The number of nitrogens with zero attached hydrogens (tertiary/aromatic N) is 5. The topological polar surface area (TPSA) is 85.7 Å². The third kappa shape index (κ3) is 6.17. The van der Waals surface area contributed by atoms with Gasteiger partial charge in [0.05, 0.1) is 10.7 Å². The minimum absolute atomic E-state index is 0.0138. The fraction of sp³-hybridized carbons (Fsp3) is 0.400. The van der Waals surface area contributed by atoms with Gasteiger partial charge in [-0.05, 0) is 88.8 Å². The van der Waals surface area contributed by atoms with Crippen LogP contribution < -0.4 is 15.6 Å². The molecule has 10 heteroatoms. The zero-order chi connectivity index (χ0) is 31.1. The summed E-state index contributed by atoms with van der Waals surface area (Å²) >= 11 is 6.89. The molecule has 2 aromatic carbocycles. The van der Waals surface area contributed by atoms with E-state index < -0.39 is 0 Å². The fourth-order valence-corrected chi connectivity index (χ4v) is 6.72. The standard InChI is InChI=1S/C35H40ClN7O2/c1-40-17-14-27(15-18-40)38-34(44)25-5-3-23(4-6-25)30-31-29(36)13-16-37-33(31)43(39-35(45)26-7-8-26)32(30)24-9-11-28(12-10-24)42-21-19-41(2)20-22-42/h3-6,9-13,16,26-27H,7-8,14-15,17-22H2,1-2H3,(H,38,44)(H,39,45). The lowest BCUT2D eigenvalue weighted by atomic mass is 9.97. The van der Waals surface area contributed by atoms with Gasteiger partial charge in [-0.2, -0.15) is 0 Å². The number of hydrogen-bond donors (Lipinski definition) is 2. The van der Waals surface area contributed by atoms with E-state index in [0.717, 1.165) is 92.7 Å². The lowest BCUT2D eigenvalue weighted by Crippen LogP contribution is -2.44. The molecule has 1 aliphatic carbocycles. The number of carbonyl (C=O) groups excluding carboxylic acids is 2. The average molecular weight is 626 g/mol. The molecule has 0 radical (unpaired) electrons. The van der Waals surface area contributed by atoms with Gasteiger partial charge in [-0.25, -0.2) is 9.66 Å². The summed E-state index contributed by atoms with van der Waals surface area (Å²) in [4.78, 5) is 38.1. The van der Waals surface area contributed by atoms with E-state index in [1.165, 1.54) is 5.69 Å². The summed E-state index contributed by atoms with van der Waals surface area (Å²) in [7, 11) is 4.27. The Balaban J connectivity index is 1.28. The van der Waals surface area contributed by atoms with E-state index in [1.807, 2.05) is 28.9 Å². The number of rotatable bonds is 7. The van der Waals surface area contributed by atoms with Crippen LogP contribution in [0.15, 0.2) is 60.8 Å². The molecule has 7 rings (SSSR count). The van der Waals surface area contributed by atoms with E-state index >= 15 is 0 Å². The van der Waals surface area contributed by atoms with Gasteiger partial charge < -0.3 is 20.0 Å². The number of pyridine rings is 1. The summed E-state index contributed by atoms with van der Waals surface area (Å²) in [6.45, 7) is 6.00. The highest BCUT2D eigenvalue weighted by Gasteiger charge is 2.32. The van der Waals surface area contributed by atoms with Gasteiger partial charge in [-0.1, -0.05) is 35.9 Å². The molecule has 4 heterocycles. The van der Waals surface area contributed by atoms with Crippen LogP contribution in [0.1, 0.15) is 36.0 Å². The molecule has 9 nitrogen and oxygen atoms in total. The summed E-state index contributed by atoms with van der Waals surface area (Å²) in [6.07, 6.45) is 5.36. The van der Waals surface area contributed by atoms with Crippen molar-refractivity contribution in [2.24, 2.45) is 5.92 Å². The summed E-state index contributed by atoms with van der Waals surface area (Å²) in [5.74, 6) is -0.0639. The summed E-state index contributed by atoms with van der Waals surface area (Å²) in [5.41, 5.74) is 9.06. The molecular formula is C35H40ClN7O2. The second kappa shape index (κ2) is 12.5. The highest BCUT2D eigenvalue weighted by atomic mass is 35.5. The zero-order valence-corrected chi connectivity index (χ0v) is 26.7. The maximum atomic E-state index is 13.2. The molecule has 4 aromatic rings. The van der Waals surface area contributed by atoms with Crippen LogP contribution in [-0.2, 0) is 4.79 Å². The van der Waals surface area contributed by atoms with Crippen LogP contribution in [0.5, 0.6) is 0 Å². The van der Waals surface area contributed by atoms with Crippen molar-refractivity contribution in [2.75, 3.05) is 63.7 Å². The van der Waals surface area contributed by atoms with Gasteiger partial charge in [-0.3, -0.25) is 15.0 Å². The molecule has 0 atom stereocenters. The number of nitrogens with one attached hydrogen (secondary N) is 2. The van der Waals surface area contributed by atoms with Gasteiger partial charge in [-0.15, -0.1) is 0 Å². The summed E-state index contributed by atoms with van der Waals surface area (Å²) < 4.78 is 1.81. The molecule has 45 heavy (non-hydrogen) atoms. The molecule has 0 bridgehead atoms. The number of piperidine rings is 1. The van der Waals surface area contributed by atoms with Crippen LogP contribution in [0, 0.1) is 5.92 Å². The number of carbonyl (C=O) groups is 2. The van der Waals surface area contributed by atoms with Gasteiger partial charge in [0.15, 0.2) is 5.65 Å². The molecule has 2 aromatic heterocycles. The molecule has 3 aliphatic rings. The first-order valence-corrected chi connectivity index (χ1v) is 16.4. The predicted molar refractivity (Wildman–Crippen MR) is 180 cm³/mol. The second-order valence-electron chi connectivity index (χ2n) is 12.8. The third-order valence-electron chi connectivity index (χ3n) is 9.47. The molecule has 2 N–H and O–H groups in total. The van der Waals surface area contributed by atoms with Crippen LogP contribution in [0.25, 0.3) is 33.4 Å². The van der Waals surface area contributed by atoms with Gasteiger partial charge in [0.2, 0.25) is 5.91 Å². The maximum Gasteiger partial charge on any atom is 0.251 e. The molecule has 0 unspecified atom stereocenters. The van der Waals surface area contributed by atoms with E-state index in [-0.39, 0.29) is 23.8 Å². The number of likely N-dealkylation sites (tertiary alicyclic amines) is 1. The zero-order valence-electron chi connectivity index (χ0n) is 25.9. The Morgan fingerprint density at radius 3 is 2.11 bits per heavy atom. The quantitative estimate of drug-likeness (QED) is 0.298. The Labute approximate surface area is 269 Å². The first-order chi connectivity index (χ1) is 21.9. The number of halogens is 1. The third-order valence-corrected chi connectivity index (χ3v) is 9.79. The van der Waals surface area contributed by atoms with Crippen molar-refractivity contribution in [2.45, 2.75) is 31.7 Å². The monoisotopic (exact) mass is 625 g/mol. The fourth-order valence-electron chi connectivity index (χ4n) is 6.48. The first kappa shape index (κ1) is 29.8. The minimum Gasteiger partial charge on any atom is -0.369 e. The Morgan fingerprint density at radius 2 is 1.44 bits per heavy atom. The van der Waals surface area contributed by atoms with E-state index in [2.05, 4.69) is 63.8 Å². The van der Waals surface area contributed by atoms with Gasteiger partial charge >= 0.3 is 0 Å². The minimum atomic E-state index is -0.0605. The number of fused-ring (bicyclic) bond motifs is 1. The van der Waals surface area contributed by atoms with Crippen LogP contribution in [0.3, 0.4) is 0 Å². The first-order valence-electron chi connectivity index (χ1n) is 16.0. The highest BCUT2D eigenvalue weighted by molar-refractivity contribution is 6.37. The number of piperazine rings is 1. The Hall–Kier alpha value is -3.92. The average Bonchev–Trinajstić information content (AvgIpc) is 3.86. The van der Waals surface area contributed by atoms with Crippen molar-refractivity contribution in [1.82, 2.24) is 24.8 Å². The SMILES string of the molecule is CN1CCC(NC(=O)c2ccc(-c3c(-c4ccc(N5CCN(C)CC5)cc4)n(NC(=O)C4CC4)c4nccc(Cl)c34)cc2)CC1. The maximum absolute atomic E-state index is 13.2. The molecule has 0 spiro atoms. The lowest BCUT2D eigenvalue weighted by Gasteiger charge is -2.34. The van der Waals surface area contributed by atoms with Crippen molar-refractivity contribution < 1.29 is 9.59 Å². The molecule has 2 amide bonds. The van der Waals surface area contributed by atoms with Crippen LogP contribution in [-0.4, -0.2) is 90.7 Å². The number of amides is 2. The second-order valence-corrected chi connectivity index (χ2v) is 13.2. The number of likely N-dealkylation sites (N-methyl/N-ethyl adjacent to an activating group) is 1. The van der Waals surface area contributed by atoms with E-state index in [9.17, 15) is 9.59 Å². The van der Waals surface area contributed by atoms with Crippen molar-refractivity contribution >= 4 is 40.1 Å². The van der Waals surface area contributed by atoms with E-state index in [0.29, 0.717) is 16.2 Å². The smallest absolute Gasteiger partial charge is 0.251 e. The van der Waals surface area contributed by atoms with Crippen molar-refractivity contribution in [1.29, 1.82) is 0 Å². The number of hydrogen-bond acceptors (Lipinski definition) is 6. The van der Waals surface area contributed by atoms with Crippen molar-refractivity contribution in [3.63, 3.8) is 0 Å². The Kier molecular flexibility index (Phi) is 8.25. The number of aromatic nitrogens is 2. The van der Waals surface area contributed by atoms with Crippen LogP contribution >= 0.6 is 11.6 Å².